The normalized spacial score (nSPS) is 11.3. The van der Waals surface area contributed by atoms with Crippen LogP contribution in [0, 0.1) is 0 Å². The zero-order valence-corrected chi connectivity index (χ0v) is 14.5. The number of hydrogen-bond donors (Lipinski definition) is 2. The van der Waals surface area contributed by atoms with Gasteiger partial charge in [0.15, 0.2) is 5.15 Å². The summed E-state index contributed by atoms with van der Waals surface area (Å²) in [4.78, 5) is 3.81. The van der Waals surface area contributed by atoms with Gasteiger partial charge in [-0.05, 0) is 40.2 Å². The molecule has 0 bridgehead atoms. The smallest absolute Gasteiger partial charge is 0.264 e. The second-order valence-corrected chi connectivity index (χ2v) is 7.62. The summed E-state index contributed by atoms with van der Waals surface area (Å²) in [6, 6.07) is 6.08. The number of hydrogen-bond acceptors (Lipinski definition) is 4. The number of nitrogens with one attached hydrogen (secondary N) is 1. The molecule has 0 aliphatic carbocycles. The minimum Gasteiger partial charge on any atom is -0.398 e. The quantitative estimate of drug-likeness (QED) is 0.563. The van der Waals surface area contributed by atoms with Crippen molar-refractivity contribution in [2.75, 3.05) is 10.5 Å². The van der Waals surface area contributed by atoms with Crippen LogP contribution in [0.5, 0.6) is 0 Å². The molecule has 1 heterocycles. The summed E-state index contributed by atoms with van der Waals surface area (Å²) in [5, 5.41) is 0.0466. The number of anilines is 2. The molecule has 1 aromatic heterocycles. The first-order valence-electron chi connectivity index (χ1n) is 5.18. The Bertz CT molecular complexity index is 768. The Hall–Kier alpha value is -0.830. The number of halogens is 3. The van der Waals surface area contributed by atoms with E-state index in [0.29, 0.717) is 8.95 Å². The average molecular weight is 442 g/mol. The molecule has 3 N–H and O–H groups in total. The Morgan fingerprint density at radius 1 is 1.20 bits per heavy atom. The standard InChI is InChI=1S/C11H8Br2ClN3O2S/c12-6-1-2-8(15)10(4-6)20(18,19)17-9-3-7(13)5-16-11(9)14/h1-5,17H,15H2. The van der Waals surface area contributed by atoms with Crippen molar-refractivity contribution in [3.63, 3.8) is 0 Å². The maximum atomic E-state index is 12.3. The molecule has 0 amide bonds. The number of nitrogens with two attached hydrogens (primary N) is 1. The number of nitrogen functional groups attached to an aromatic ring is 1. The molecule has 0 radical (unpaired) electrons. The fraction of sp³-hybridized carbons (Fsp3) is 0. The SMILES string of the molecule is Nc1ccc(Br)cc1S(=O)(=O)Nc1cc(Br)cnc1Cl. The minimum atomic E-state index is -3.86. The maximum absolute atomic E-state index is 12.3. The topological polar surface area (TPSA) is 85.1 Å². The molecule has 0 aliphatic heterocycles. The molecule has 5 nitrogen and oxygen atoms in total. The van der Waals surface area contributed by atoms with Crippen molar-refractivity contribution in [1.82, 2.24) is 4.98 Å². The van der Waals surface area contributed by atoms with Crippen LogP contribution >= 0.6 is 43.5 Å². The van der Waals surface area contributed by atoms with Crippen molar-refractivity contribution < 1.29 is 8.42 Å². The third kappa shape index (κ3) is 3.43. The lowest BCUT2D eigenvalue weighted by atomic mass is 10.3. The van der Waals surface area contributed by atoms with Gasteiger partial charge < -0.3 is 5.73 Å². The van der Waals surface area contributed by atoms with Crippen LogP contribution in [-0.2, 0) is 10.0 Å². The Morgan fingerprint density at radius 2 is 1.90 bits per heavy atom. The van der Waals surface area contributed by atoms with Crippen molar-refractivity contribution in [3.05, 3.63) is 44.6 Å². The molecule has 0 spiro atoms. The van der Waals surface area contributed by atoms with Gasteiger partial charge in [0.2, 0.25) is 0 Å². The van der Waals surface area contributed by atoms with E-state index in [0.717, 1.165) is 0 Å². The van der Waals surface area contributed by atoms with Gasteiger partial charge in [0.25, 0.3) is 10.0 Å². The fourth-order valence-electron chi connectivity index (χ4n) is 1.43. The highest BCUT2D eigenvalue weighted by atomic mass is 79.9. The van der Waals surface area contributed by atoms with Gasteiger partial charge in [-0.25, -0.2) is 13.4 Å². The second kappa shape index (κ2) is 5.88. The van der Waals surface area contributed by atoms with E-state index in [1.807, 2.05) is 0 Å². The lowest BCUT2D eigenvalue weighted by molar-refractivity contribution is 0.601. The maximum Gasteiger partial charge on any atom is 0.264 e. The molecular formula is C11H8Br2ClN3O2S. The fourth-order valence-corrected chi connectivity index (χ4v) is 3.70. The van der Waals surface area contributed by atoms with Crippen molar-refractivity contribution in [3.8, 4) is 0 Å². The van der Waals surface area contributed by atoms with Gasteiger partial charge in [0.05, 0.1) is 11.4 Å². The molecule has 1 aromatic carbocycles. The van der Waals surface area contributed by atoms with Crippen LogP contribution in [0.2, 0.25) is 5.15 Å². The van der Waals surface area contributed by atoms with E-state index in [1.54, 1.807) is 6.07 Å². The van der Waals surface area contributed by atoms with Gasteiger partial charge >= 0.3 is 0 Å². The van der Waals surface area contributed by atoms with Crippen molar-refractivity contribution >= 4 is 64.9 Å². The predicted octanol–water partition coefficient (Wildman–Crippen LogP) is 3.64. The molecule has 9 heteroatoms. The Kier molecular flexibility index (Phi) is 4.58. The molecule has 106 valence electrons. The van der Waals surface area contributed by atoms with Crippen LogP contribution in [0.15, 0.2) is 44.3 Å². The third-order valence-electron chi connectivity index (χ3n) is 2.32. The second-order valence-electron chi connectivity index (χ2n) is 3.78. The van der Waals surface area contributed by atoms with E-state index in [-0.39, 0.29) is 21.4 Å². The molecule has 2 aromatic rings. The Morgan fingerprint density at radius 3 is 2.60 bits per heavy atom. The first-order chi connectivity index (χ1) is 9.29. The zero-order chi connectivity index (χ0) is 14.9. The molecular weight excluding hydrogens is 433 g/mol. The number of nitrogens with zero attached hydrogens (tertiary/aromatic N) is 1. The highest BCUT2D eigenvalue weighted by Gasteiger charge is 2.19. The van der Waals surface area contributed by atoms with Crippen LogP contribution in [-0.4, -0.2) is 13.4 Å². The predicted molar refractivity (Wildman–Crippen MR) is 86.3 cm³/mol. The molecule has 0 saturated heterocycles. The third-order valence-corrected chi connectivity index (χ3v) is 4.96. The molecule has 0 fully saturated rings. The highest BCUT2D eigenvalue weighted by Crippen LogP contribution is 2.28. The van der Waals surface area contributed by atoms with Crippen molar-refractivity contribution in [2.24, 2.45) is 0 Å². The van der Waals surface area contributed by atoms with Gasteiger partial charge in [0.1, 0.15) is 4.90 Å². The first kappa shape index (κ1) is 15.6. The number of benzene rings is 1. The van der Waals surface area contributed by atoms with E-state index >= 15 is 0 Å². The number of aromatic nitrogens is 1. The summed E-state index contributed by atoms with van der Waals surface area (Å²) in [6.45, 7) is 0. The van der Waals surface area contributed by atoms with Crippen LogP contribution in [0.25, 0.3) is 0 Å². The Labute approximate surface area is 137 Å². The minimum absolute atomic E-state index is 0.0390. The Balaban J connectivity index is 2.46. The van der Waals surface area contributed by atoms with E-state index in [2.05, 4.69) is 41.6 Å². The lowest BCUT2D eigenvalue weighted by Crippen LogP contribution is -2.15. The van der Waals surface area contributed by atoms with Crippen LogP contribution < -0.4 is 10.5 Å². The molecule has 2 rings (SSSR count). The summed E-state index contributed by atoms with van der Waals surface area (Å²) in [5.41, 5.74) is 6.01. The summed E-state index contributed by atoms with van der Waals surface area (Å²) in [5.74, 6) is 0. The lowest BCUT2D eigenvalue weighted by Gasteiger charge is -2.11. The van der Waals surface area contributed by atoms with E-state index < -0.39 is 10.0 Å². The highest BCUT2D eigenvalue weighted by molar-refractivity contribution is 9.10. The van der Waals surface area contributed by atoms with Crippen LogP contribution in [0.3, 0.4) is 0 Å². The zero-order valence-electron chi connectivity index (χ0n) is 9.77. The van der Waals surface area contributed by atoms with E-state index in [4.69, 9.17) is 17.3 Å². The molecule has 0 atom stereocenters. The number of rotatable bonds is 3. The van der Waals surface area contributed by atoms with Crippen molar-refractivity contribution in [2.45, 2.75) is 4.90 Å². The van der Waals surface area contributed by atoms with Gasteiger partial charge in [-0.15, -0.1) is 0 Å². The molecule has 0 unspecified atom stereocenters. The van der Waals surface area contributed by atoms with Crippen molar-refractivity contribution in [1.29, 1.82) is 0 Å². The van der Waals surface area contributed by atoms with Gasteiger partial charge in [-0.3, -0.25) is 4.72 Å². The number of sulfonamides is 1. The van der Waals surface area contributed by atoms with Gasteiger partial charge in [0, 0.05) is 15.1 Å². The molecule has 0 saturated carbocycles. The molecule has 20 heavy (non-hydrogen) atoms. The summed E-state index contributed by atoms with van der Waals surface area (Å²) in [7, 11) is -3.86. The number of pyridine rings is 1. The summed E-state index contributed by atoms with van der Waals surface area (Å²) < 4.78 is 28.2. The summed E-state index contributed by atoms with van der Waals surface area (Å²) >= 11 is 12.3. The monoisotopic (exact) mass is 439 g/mol. The van der Waals surface area contributed by atoms with Gasteiger partial charge in [-0.1, -0.05) is 27.5 Å². The largest absolute Gasteiger partial charge is 0.398 e. The average Bonchev–Trinajstić information content (AvgIpc) is 2.36. The molecule has 0 aliphatic rings. The van der Waals surface area contributed by atoms with E-state index in [9.17, 15) is 8.42 Å². The van der Waals surface area contributed by atoms with Crippen LogP contribution in [0.1, 0.15) is 0 Å². The van der Waals surface area contributed by atoms with Crippen LogP contribution in [0.4, 0.5) is 11.4 Å². The van der Waals surface area contributed by atoms with Gasteiger partial charge in [-0.2, -0.15) is 0 Å². The van der Waals surface area contributed by atoms with E-state index in [1.165, 1.54) is 24.4 Å². The summed E-state index contributed by atoms with van der Waals surface area (Å²) in [6.07, 6.45) is 1.47. The first-order valence-corrected chi connectivity index (χ1v) is 8.63.